The fraction of sp³-hybridized carbons (Fsp3) is 1.00. The largest absolute Gasteiger partial charge is 0.328 e. The van der Waals surface area contributed by atoms with Gasteiger partial charge in [-0.25, -0.2) is 0 Å². The molecule has 0 aromatic carbocycles. The molecule has 1 atom stereocenters. The van der Waals surface area contributed by atoms with Crippen molar-refractivity contribution < 1.29 is 14.2 Å². The first kappa shape index (κ1) is 35.3. The zero-order valence-electron chi connectivity index (χ0n) is 22.8. The number of rotatable bonds is 25. The van der Waals surface area contributed by atoms with E-state index in [-0.39, 0.29) is 2.14 Å². The summed E-state index contributed by atoms with van der Waals surface area (Å²) in [5, 5.41) is 0. The van der Waals surface area contributed by atoms with Gasteiger partial charge in [-0.3, -0.25) is 0 Å². The molecule has 0 amide bonds. The maximum atomic E-state index is 6.18. The average Bonchev–Trinajstić information content (AvgIpc) is 2.78. The highest BCUT2D eigenvalue weighted by molar-refractivity contribution is 9.39. The maximum Gasteiger partial charge on any atom is 0.285 e. The highest BCUT2D eigenvalue weighted by Crippen LogP contribution is 2.38. The summed E-state index contributed by atoms with van der Waals surface area (Å²) in [5.41, 5.74) is 0. The molecule has 0 aromatic rings. The molecule has 0 aliphatic heterocycles. The predicted octanol–water partition coefficient (Wildman–Crippen LogP) is 11.2. The molecule has 0 aliphatic rings. The van der Waals surface area contributed by atoms with E-state index in [1.54, 1.807) is 0 Å². The van der Waals surface area contributed by atoms with Gasteiger partial charge in [0.15, 0.2) is 0 Å². The standard InChI is InChI=1S/C28H55Br3O3/c1-5-9-10-11-17-20-23-26(28(32-6-2,33-7-3)34-8-4)24-21-18-15-13-12-14-16-19-22-25-27(29,30)31/h26H,5-25H2,1-4H3. The van der Waals surface area contributed by atoms with E-state index in [4.69, 9.17) is 14.2 Å². The first-order valence-electron chi connectivity index (χ1n) is 14.3. The van der Waals surface area contributed by atoms with Crippen molar-refractivity contribution in [3.05, 3.63) is 0 Å². The summed E-state index contributed by atoms with van der Waals surface area (Å²) in [5.74, 6) is -0.553. The Kier molecular flexibility index (Phi) is 24.3. The summed E-state index contributed by atoms with van der Waals surface area (Å²) in [6.45, 7) is 10.3. The van der Waals surface area contributed by atoms with Gasteiger partial charge in [0.1, 0.15) is 2.14 Å². The third kappa shape index (κ3) is 19.4. The summed E-state index contributed by atoms with van der Waals surface area (Å²) in [7, 11) is 0. The van der Waals surface area contributed by atoms with Gasteiger partial charge in [-0.1, -0.05) is 151 Å². The summed E-state index contributed by atoms with van der Waals surface area (Å²) in [6, 6.07) is 0. The Morgan fingerprint density at radius 3 is 1.21 bits per heavy atom. The second kappa shape index (κ2) is 23.4. The smallest absolute Gasteiger partial charge is 0.285 e. The van der Waals surface area contributed by atoms with E-state index in [0.717, 1.165) is 19.3 Å². The Labute approximate surface area is 238 Å². The fourth-order valence-corrected chi connectivity index (χ4v) is 5.55. The van der Waals surface area contributed by atoms with Gasteiger partial charge in [0.05, 0.1) is 0 Å². The molecule has 0 fully saturated rings. The number of alkyl halides is 3. The minimum Gasteiger partial charge on any atom is -0.328 e. The van der Waals surface area contributed by atoms with Crippen LogP contribution >= 0.6 is 47.8 Å². The van der Waals surface area contributed by atoms with Crippen molar-refractivity contribution in [1.29, 1.82) is 0 Å². The molecule has 0 spiro atoms. The van der Waals surface area contributed by atoms with Gasteiger partial charge < -0.3 is 14.2 Å². The van der Waals surface area contributed by atoms with E-state index in [9.17, 15) is 0 Å². The van der Waals surface area contributed by atoms with Crippen molar-refractivity contribution in [3.63, 3.8) is 0 Å². The van der Waals surface area contributed by atoms with Crippen LogP contribution in [-0.4, -0.2) is 27.9 Å². The van der Waals surface area contributed by atoms with Gasteiger partial charge >= 0.3 is 0 Å². The number of unbranched alkanes of at least 4 members (excludes halogenated alkanes) is 13. The maximum absolute atomic E-state index is 6.18. The highest BCUT2D eigenvalue weighted by Gasteiger charge is 2.41. The average molecular weight is 679 g/mol. The van der Waals surface area contributed by atoms with Gasteiger partial charge in [0, 0.05) is 25.7 Å². The van der Waals surface area contributed by atoms with Gasteiger partial charge in [0.25, 0.3) is 5.97 Å². The third-order valence-corrected chi connectivity index (χ3v) is 7.65. The topological polar surface area (TPSA) is 27.7 Å². The Bertz CT molecular complexity index is 413. The molecule has 0 bridgehead atoms. The SMILES string of the molecule is CCCCCCCCC(CCCCCCCCCCCC(Br)(Br)Br)C(OCC)(OCC)OCC. The Balaban J connectivity index is 4.40. The summed E-state index contributed by atoms with van der Waals surface area (Å²) in [6.07, 6.45) is 23.1. The van der Waals surface area contributed by atoms with Crippen LogP contribution in [-0.2, 0) is 14.2 Å². The Morgan fingerprint density at radius 1 is 0.500 bits per heavy atom. The van der Waals surface area contributed by atoms with Crippen LogP contribution in [0, 0.1) is 5.92 Å². The van der Waals surface area contributed by atoms with Crippen molar-refractivity contribution in [2.75, 3.05) is 19.8 Å². The molecule has 3 nitrogen and oxygen atoms in total. The zero-order valence-corrected chi connectivity index (χ0v) is 27.5. The minimum atomic E-state index is -0.862. The zero-order chi connectivity index (χ0) is 25.5. The van der Waals surface area contributed by atoms with E-state index in [2.05, 4.69) is 54.7 Å². The van der Waals surface area contributed by atoms with E-state index in [1.807, 2.05) is 20.8 Å². The Hall–Kier alpha value is 1.32. The summed E-state index contributed by atoms with van der Waals surface area (Å²) in [4.78, 5) is 0. The van der Waals surface area contributed by atoms with Crippen molar-refractivity contribution in [3.8, 4) is 0 Å². The van der Waals surface area contributed by atoms with E-state index in [0.29, 0.717) is 25.7 Å². The molecule has 0 rings (SSSR count). The lowest BCUT2D eigenvalue weighted by Crippen LogP contribution is -2.46. The molecule has 206 valence electrons. The van der Waals surface area contributed by atoms with Crippen molar-refractivity contribution in [2.24, 2.45) is 5.92 Å². The number of hydrogen-bond donors (Lipinski definition) is 0. The number of ether oxygens (including phenoxy) is 3. The van der Waals surface area contributed by atoms with Gasteiger partial charge in [0.2, 0.25) is 0 Å². The van der Waals surface area contributed by atoms with Crippen molar-refractivity contribution in [2.45, 2.75) is 151 Å². The van der Waals surface area contributed by atoms with Crippen molar-refractivity contribution >= 4 is 47.8 Å². The lowest BCUT2D eigenvalue weighted by atomic mass is 9.91. The fourth-order valence-electron chi connectivity index (χ4n) is 4.70. The normalized spacial score (nSPS) is 13.5. The summed E-state index contributed by atoms with van der Waals surface area (Å²) < 4.78 is 18.5. The van der Waals surface area contributed by atoms with Crippen LogP contribution in [0.3, 0.4) is 0 Å². The van der Waals surface area contributed by atoms with Crippen LogP contribution in [0.15, 0.2) is 0 Å². The molecule has 1 unspecified atom stereocenters. The van der Waals surface area contributed by atoms with Crippen LogP contribution in [0.5, 0.6) is 0 Å². The van der Waals surface area contributed by atoms with Crippen molar-refractivity contribution in [1.82, 2.24) is 0 Å². The first-order valence-corrected chi connectivity index (χ1v) is 16.7. The van der Waals surface area contributed by atoms with E-state index < -0.39 is 5.97 Å². The second-order valence-corrected chi connectivity index (χ2v) is 16.7. The van der Waals surface area contributed by atoms with Gasteiger partial charge in [-0.2, -0.15) is 0 Å². The van der Waals surface area contributed by atoms with Crippen LogP contribution < -0.4 is 0 Å². The molecule has 0 saturated carbocycles. The van der Waals surface area contributed by atoms with Gasteiger partial charge in [-0.15, -0.1) is 0 Å². The number of halogens is 3. The van der Waals surface area contributed by atoms with Crippen LogP contribution in [0.4, 0.5) is 0 Å². The predicted molar refractivity (Wildman–Crippen MR) is 159 cm³/mol. The second-order valence-electron chi connectivity index (χ2n) is 9.49. The third-order valence-electron chi connectivity index (χ3n) is 6.46. The van der Waals surface area contributed by atoms with E-state index >= 15 is 0 Å². The first-order chi connectivity index (χ1) is 16.3. The summed E-state index contributed by atoms with van der Waals surface area (Å²) >= 11 is 10.7. The number of hydrogen-bond acceptors (Lipinski definition) is 3. The van der Waals surface area contributed by atoms with E-state index in [1.165, 1.54) is 96.3 Å². The van der Waals surface area contributed by atoms with Crippen LogP contribution in [0.2, 0.25) is 0 Å². The molecule has 0 radical (unpaired) electrons. The minimum absolute atomic E-state index is 0.0655. The molecular weight excluding hydrogens is 624 g/mol. The Morgan fingerprint density at radius 2 is 0.853 bits per heavy atom. The molecule has 0 aromatic heterocycles. The molecule has 34 heavy (non-hydrogen) atoms. The van der Waals surface area contributed by atoms with Gasteiger partial charge in [-0.05, 0) is 40.0 Å². The van der Waals surface area contributed by atoms with Crippen LogP contribution in [0.25, 0.3) is 0 Å². The molecule has 6 heteroatoms. The molecule has 0 N–H and O–H groups in total. The monoisotopic (exact) mass is 676 g/mol. The lowest BCUT2D eigenvalue weighted by Gasteiger charge is -2.39. The molecule has 0 saturated heterocycles. The molecular formula is C28H55Br3O3. The lowest BCUT2D eigenvalue weighted by molar-refractivity contribution is -0.403. The quantitative estimate of drug-likeness (QED) is 0.0546. The van der Waals surface area contributed by atoms with Crippen LogP contribution in [0.1, 0.15) is 143 Å². The highest BCUT2D eigenvalue weighted by atomic mass is 80.0. The molecule has 0 aliphatic carbocycles. The molecule has 0 heterocycles.